The van der Waals surface area contributed by atoms with Crippen molar-refractivity contribution in [3.05, 3.63) is 24.3 Å². The number of amides is 3. The molecule has 1 aliphatic rings. The molecule has 1 aromatic rings. The first-order valence-electron chi connectivity index (χ1n) is 7.96. The number of benzene rings is 1. The van der Waals surface area contributed by atoms with Gasteiger partial charge in [0.25, 0.3) is 0 Å². The van der Waals surface area contributed by atoms with Gasteiger partial charge >= 0.3 is 0 Å². The number of anilines is 2. The summed E-state index contributed by atoms with van der Waals surface area (Å²) < 4.78 is 0. The van der Waals surface area contributed by atoms with E-state index in [9.17, 15) is 14.4 Å². The van der Waals surface area contributed by atoms with Crippen molar-refractivity contribution in [1.29, 1.82) is 0 Å². The SMILES string of the molecule is CN(CC(=O)Nc1ccc(N2CCCC2=O)cc1)CC(=O)N(C)C. The van der Waals surface area contributed by atoms with E-state index in [4.69, 9.17) is 0 Å². The summed E-state index contributed by atoms with van der Waals surface area (Å²) in [4.78, 5) is 40.3. The molecule has 0 spiro atoms. The van der Waals surface area contributed by atoms with E-state index < -0.39 is 0 Å². The van der Waals surface area contributed by atoms with E-state index in [2.05, 4.69) is 5.32 Å². The van der Waals surface area contributed by atoms with E-state index in [1.54, 1.807) is 43.1 Å². The molecule has 1 fully saturated rings. The van der Waals surface area contributed by atoms with E-state index in [0.717, 1.165) is 18.7 Å². The molecule has 2 rings (SSSR count). The summed E-state index contributed by atoms with van der Waals surface area (Å²) in [6, 6.07) is 7.23. The quantitative estimate of drug-likeness (QED) is 0.835. The number of carbonyl (C=O) groups is 3. The lowest BCUT2D eigenvalue weighted by Crippen LogP contribution is -2.38. The molecule has 0 unspecified atom stereocenters. The lowest BCUT2D eigenvalue weighted by Gasteiger charge is -2.19. The van der Waals surface area contributed by atoms with Crippen LogP contribution in [-0.2, 0) is 14.4 Å². The second-order valence-electron chi connectivity index (χ2n) is 6.20. The molecule has 7 heteroatoms. The van der Waals surface area contributed by atoms with Gasteiger partial charge in [0.15, 0.2) is 0 Å². The highest BCUT2D eigenvalue weighted by Gasteiger charge is 2.21. The second-order valence-corrected chi connectivity index (χ2v) is 6.20. The van der Waals surface area contributed by atoms with Crippen LogP contribution in [0.5, 0.6) is 0 Å². The number of carbonyl (C=O) groups excluding carboxylic acids is 3. The molecule has 1 aliphatic heterocycles. The van der Waals surface area contributed by atoms with Crippen LogP contribution >= 0.6 is 0 Å². The minimum Gasteiger partial charge on any atom is -0.348 e. The molecule has 1 saturated heterocycles. The monoisotopic (exact) mass is 332 g/mol. The van der Waals surface area contributed by atoms with Crippen LogP contribution in [-0.4, -0.2) is 68.3 Å². The number of nitrogens with one attached hydrogen (secondary N) is 1. The zero-order chi connectivity index (χ0) is 17.7. The van der Waals surface area contributed by atoms with Crippen molar-refractivity contribution in [2.45, 2.75) is 12.8 Å². The third-order valence-corrected chi connectivity index (χ3v) is 3.85. The van der Waals surface area contributed by atoms with E-state index in [1.165, 1.54) is 4.90 Å². The lowest BCUT2D eigenvalue weighted by atomic mass is 10.2. The molecule has 7 nitrogen and oxygen atoms in total. The molecule has 0 radical (unpaired) electrons. The predicted octanol–water partition coefficient (Wildman–Crippen LogP) is 0.772. The summed E-state index contributed by atoms with van der Waals surface area (Å²) in [7, 11) is 5.09. The first-order valence-corrected chi connectivity index (χ1v) is 7.96. The topological polar surface area (TPSA) is 73.0 Å². The van der Waals surface area contributed by atoms with Gasteiger partial charge in [0.2, 0.25) is 17.7 Å². The van der Waals surface area contributed by atoms with E-state index in [-0.39, 0.29) is 30.8 Å². The zero-order valence-electron chi connectivity index (χ0n) is 14.4. The largest absolute Gasteiger partial charge is 0.348 e. The first-order chi connectivity index (χ1) is 11.4. The fourth-order valence-electron chi connectivity index (χ4n) is 2.52. The molecule has 1 aromatic carbocycles. The van der Waals surface area contributed by atoms with Gasteiger partial charge in [0.05, 0.1) is 13.1 Å². The van der Waals surface area contributed by atoms with Gasteiger partial charge in [0, 0.05) is 38.4 Å². The molecular weight excluding hydrogens is 308 g/mol. The Morgan fingerprint density at radius 3 is 2.33 bits per heavy atom. The third-order valence-electron chi connectivity index (χ3n) is 3.85. The Morgan fingerprint density at radius 2 is 1.79 bits per heavy atom. The highest BCUT2D eigenvalue weighted by atomic mass is 16.2. The van der Waals surface area contributed by atoms with Gasteiger partial charge in [-0.25, -0.2) is 0 Å². The van der Waals surface area contributed by atoms with Gasteiger partial charge < -0.3 is 15.1 Å². The Balaban J connectivity index is 1.85. The lowest BCUT2D eigenvalue weighted by molar-refractivity contribution is -0.130. The summed E-state index contributed by atoms with van der Waals surface area (Å²) in [5.41, 5.74) is 1.52. The molecular formula is C17H24N4O3. The standard InChI is InChI=1S/C17H24N4O3/c1-19(2)17(24)12-20(3)11-15(22)18-13-6-8-14(9-7-13)21-10-4-5-16(21)23/h6-9H,4-5,10-12H2,1-3H3,(H,18,22). The number of nitrogens with zero attached hydrogens (tertiary/aromatic N) is 3. The Morgan fingerprint density at radius 1 is 1.12 bits per heavy atom. The van der Waals surface area contributed by atoms with E-state index in [0.29, 0.717) is 12.1 Å². The molecule has 0 aromatic heterocycles. The van der Waals surface area contributed by atoms with Crippen LogP contribution < -0.4 is 10.2 Å². The van der Waals surface area contributed by atoms with Crippen LogP contribution in [0.3, 0.4) is 0 Å². The van der Waals surface area contributed by atoms with Gasteiger partial charge in [-0.15, -0.1) is 0 Å². The van der Waals surface area contributed by atoms with Crippen molar-refractivity contribution in [3.63, 3.8) is 0 Å². The van der Waals surface area contributed by atoms with Crippen LogP contribution in [0.25, 0.3) is 0 Å². The Labute approximate surface area is 142 Å². The van der Waals surface area contributed by atoms with Gasteiger partial charge in [0.1, 0.15) is 0 Å². The Kier molecular flexibility index (Phi) is 5.92. The van der Waals surface area contributed by atoms with Gasteiger partial charge in [-0.2, -0.15) is 0 Å². The van der Waals surface area contributed by atoms with Crippen molar-refractivity contribution in [2.24, 2.45) is 0 Å². The third kappa shape index (κ3) is 4.79. The molecule has 24 heavy (non-hydrogen) atoms. The average Bonchev–Trinajstić information content (AvgIpc) is 2.93. The average molecular weight is 332 g/mol. The number of likely N-dealkylation sites (N-methyl/N-ethyl adjacent to an activating group) is 2. The summed E-state index contributed by atoms with van der Waals surface area (Å²) in [6.07, 6.45) is 1.48. The summed E-state index contributed by atoms with van der Waals surface area (Å²) >= 11 is 0. The molecule has 130 valence electrons. The Bertz CT molecular complexity index is 613. The second kappa shape index (κ2) is 7.92. The van der Waals surface area contributed by atoms with Crippen LogP contribution in [0.1, 0.15) is 12.8 Å². The van der Waals surface area contributed by atoms with Crippen molar-refractivity contribution < 1.29 is 14.4 Å². The van der Waals surface area contributed by atoms with Crippen LogP contribution in [0.15, 0.2) is 24.3 Å². The number of hydrogen-bond acceptors (Lipinski definition) is 4. The summed E-state index contributed by atoms with van der Waals surface area (Å²) in [6.45, 7) is 1.07. The van der Waals surface area contributed by atoms with Crippen LogP contribution in [0, 0.1) is 0 Å². The molecule has 0 bridgehead atoms. The zero-order valence-corrected chi connectivity index (χ0v) is 14.4. The van der Waals surface area contributed by atoms with Crippen molar-refractivity contribution in [1.82, 2.24) is 9.80 Å². The maximum absolute atomic E-state index is 12.0. The summed E-state index contributed by atoms with van der Waals surface area (Å²) in [5.74, 6) is -0.0991. The number of rotatable bonds is 6. The minimum atomic E-state index is -0.186. The van der Waals surface area contributed by atoms with E-state index >= 15 is 0 Å². The Hall–Kier alpha value is -2.41. The maximum atomic E-state index is 12.0. The number of hydrogen-bond donors (Lipinski definition) is 1. The van der Waals surface area contributed by atoms with Crippen LogP contribution in [0.2, 0.25) is 0 Å². The first kappa shape index (κ1) is 17.9. The van der Waals surface area contributed by atoms with Crippen molar-refractivity contribution in [3.8, 4) is 0 Å². The maximum Gasteiger partial charge on any atom is 0.238 e. The highest BCUT2D eigenvalue weighted by molar-refractivity contribution is 5.96. The van der Waals surface area contributed by atoms with Crippen LogP contribution in [0.4, 0.5) is 11.4 Å². The smallest absolute Gasteiger partial charge is 0.238 e. The fourth-order valence-corrected chi connectivity index (χ4v) is 2.52. The van der Waals surface area contributed by atoms with Gasteiger partial charge in [-0.3, -0.25) is 19.3 Å². The van der Waals surface area contributed by atoms with Gasteiger partial charge in [-0.1, -0.05) is 0 Å². The molecule has 1 N–H and O–H groups in total. The normalized spacial score (nSPS) is 14.2. The highest BCUT2D eigenvalue weighted by Crippen LogP contribution is 2.22. The molecule has 3 amide bonds. The van der Waals surface area contributed by atoms with Gasteiger partial charge in [-0.05, 0) is 37.7 Å². The van der Waals surface area contributed by atoms with Crippen molar-refractivity contribution in [2.75, 3.05) is 51.0 Å². The minimum absolute atomic E-state index is 0.0510. The predicted molar refractivity (Wildman–Crippen MR) is 92.8 cm³/mol. The summed E-state index contributed by atoms with van der Waals surface area (Å²) in [5, 5.41) is 2.80. The molecule has 0 atom stereocenters. The molecule has 1 heterocycles. The van der Waals surface area contributed by atoms with E-state index in [1.807, 2.05) is 12.1 Å². The van der Waals surface area contributed by atoms with Crippen molar-refractivity contribution >= 4 is 29.1 Å². The fraction of sp³-hybridized carbons (Fsp3) is 0.471. The molecule has 0 saturated carbocycles. The molecule has 0 aliphatic carbocycles.